The van der Waals surface area contributed by atoms with E-state index in [-0.39, 0.29) is 11.8 Å². The molecular weight excluding hydrogens is 514 g/mol. The Bertz CT molecular complexity index is 1470. The molecule has 0 spiro atoms. The predicted octanol–water partition coefficient (Wildman–Crippen LogP) is 2.75. The van der Waals surface area contributed by atoms with Crippen LogP contribution >= 0.6 is 11.6 Å². The molecule has 2 N–H and O–H groups in total. The fraction of sp³-hybridized carbons (Fsp3) is 0.385. The Morgan fingerprint density at radius 3 is 2.49 bits per heavy atom. The van der Waals surface area contributed by atoms with Crippen molar-refractivity contribution in [2.45, 2.75) is 37.7 Å². The Morgan fingerprint density at radius 2 is 1.81 bits per heavy atom. The summed E-state index contributed by atoms with van der Waals surface area (Å²) < 4.78 is 34.5. The molecule has 37 heavy (non-hydrogen) atoms. The number of hydrogen-bond acceptors (Lipinski definition) is 7. The summed E-state index contributed by atoms with van der Waals surface area (Å²) in [6.07, 6.45) is 1.75. The summed E-state index contributed by atoms with van der Waals surface area (Å²) in [6.45, 7) is 4.78. The van der Waals surface area contributed by atoms with Crippen molar-refractivity contribution in [3.05, 3.63) is 81.2 Å². The van der Waals surface area contributed by atoms with Crippen molar-refractivity contribution in [1.29, 1.82) is 0 Å². The molecule has 2 aliphatic rings. The van der Waals surface area contributed by atoms with E-state index < -0.39 is 26.9 Å². The minimum absolute atomic E-state index is 0.142. The van der Waals surface area contributed by atoms with E-state index in [9.17, 15) is 13.2 Å². The van der Waals surface area contributed by atoms with E-state index in [0.717, 1.165) is 11.1 Å². The van der Waals surface area contributed by atoms with E-state index >= 15 is 0 Å². The van der Waals surface area contributed by atoms with E-state index in [1.807, 2.05) is 29.2 Å². The van der Waals surface area contributed by atoms with Gasteiger partial charge in [0.05, 0.1) is 23.2 Å². The fourth-order valence-electron chi connectivity index (χ4n) is 4.89. The maximum absolute atomic E-state index is 13.8. The molecule has 0 bridgehead atoms. The highest BCUT2D eigenvalue weighted by Gasteiger charge is 2.35. The molecule has 9 nitrogen and oxygen atoms in total. The second-order valence-electron chi connectivity index (χ2n) is 9.62. The Morgan fingerprint density at radius 1 is 1.08 bits per heavy atom. The van der Waals surface area contributed by atoms with E-state index in [2.05, 4.69) is 5.10 Å². The first kappa shape index (κ1) is 25.7. The zero-order valence-corrected chi connectivity index (χ0v) is 22.3. The SMILES string of the molecule is CC(C)S(=O)(=O)N1CCN(c2cnn(-c3cccc(Cl)c3)c(=O)c2OC2Cc3ccccc3[C@H]2N)CC1. The number of halogens is 1. The van der Waals surface area contributed by atoms with Crippen molar-refractivity contribution < 1.29 is 13.2 Å². The maximum Gasteiger partial charge on any atom is 0.316 e. The van der Waals surface area contributed by atoms with Gasteiger partial charge in [-0.15, -0.1) is 0 Å². The van der Waals surface area contributed by atoms with Crippen molar-refractivity contribution in [2.24, 2.45) is 5.73 Å². The normalized spacial score (nSPS) is 20.3. The second-order valence-corrected chi connectivity index (χ2v) is 12.5. The van der Waals surface area contributed by atoms with Crippen LogP contribution in [0.4, 0.5) is 5.69 Å². The molecule has 2 heterocycles. The number of hydrogen-bond donors (Lipinski definition) is 1. The summed E-state index contributed by atoms with van der Waals surface area (Å²) in [5.41, 5.74) is 9.23. The van der Waals surface area contributed by atoms with Gasteiger partial charge in [0.1, 0.15) is 11.8 Å². The fourth-order valence-corrected chi connectivity index (χ4v) is 6.35. The molecule has 0 radical (unpaired) electrons. The molecule has 1 aromatic heterocycles. The van der Waals surface area contributed by atoms with Crippen LogP contribution in [0.25, 0.3) is 5.69 Å². The lowest BCUT2D eigenvalue weighted by Crippen LogP contribution is -2.51. The number of sulfonamides is 1. The van der Waals surface area contributed by atoms with Crippen molar-refractivity contribution >= 4 is 27.3 Å². The van der Waals surface area contributed by atoms with Gasteiger partial charge in [-0.2, -0.15) is 14.1 Å². The van der Waals surface area contributed by atoms with Gasteiger partial charge in [-0.05, 0) is 43.2 Å². The van der Waals surface area contributed by atoms with Crippen LogP contribution in [0, 0.1) is 0 Å². The van der Waals surface area contributed by atoms with Crippen LogP contribution in [-0.4, -0.2) is 60.0 Å². The first-order valence-corrected chi connectivity index (χ1v) is 14.2. The predicted molar refractivity (Wildman–Crippen MR) is 144 cm³/mol. The molecular formula is C26H30ClN5O4S. The summed E-state index contributed by atoms with van der Waals surface area (Å²) in [6, 6.07) is 14.4. The third-order valence-corrected chi connectivity index (χ3v) is 9.52. The first-order valence-electron chi connectivity index (χ1n) is 12.3. The van der Waals surface area contributed by atoms with Crippen molar-refractivity contribution in [3.63, 3.8) is 0 Å². The summed E-state index contributed by atoms with van der Waals surface area (Å²) in [5.74, 6) is 0.142. The topological polar surface area (TPSA) is 111 Å². The third kappa shape index (κ3) is 4.86. The molecule has 2 aromatic carbocycles. The highest BCUT2D eigenvalue weighted by Crippen LogP contribution is 2.35. The lowest BCUT2D eigenvalue weighted by molar-refractivity contribution is 0.181. The zero-order chi connectivity index (χ0) is 26.3. The molecule has 2 atom stereocenters. The molecule has 196 valence electrons. The number of piperazine rings is 1. The minimum Gasteiger partial charge on any atom is -0.481 e. The average molecular weight is 544 g/mol. The van der Waals surface area contributed by atoms with Crippen molar-refractivity contribution in [1.82, 2.24) is 14.1 Å². The van der Waals surface area contributed by atoms with Gasteiger partial charge in [0.2, 0.25) is 15.8 Å². The van der Waals surface area contributed by atoms with Crippen LogP contribution in [0.3, 0.4) is 0 Å². The Hall–Kier alpha value is -2.92. The third-order valence-electron chi connectivity index (χ3n) is 7.01. The Labute approximate surface area is 221 Å². The van der Waals surface area contributed by atoms with Crippen LogP contribution in [-0.2, 0) is 16.4 Å². The molecule has 1 saturated heterocycles. The number of rotatable bonds is 6. The summed E-state index contributed by atoms with van der Waals surface area (Å²) in [4.78, 5) is 15.7. The van der Waals surface area contributed by atoms with Gasteiger partial charge in [-0.1, -0.05) is 41.9 Å². The van der Waals surface area contributed by atoms with Crippen LogP contribution in [0.5, 0.6) is 5.75 Å². The molecule has 1 fully saturated rings. The maximum atomic E-state index is 13.8. The molecule has 0 saturated carbocycles. The lowest BCUT2D eigenvalue weighted by Gasteiger charge is -2.36. The minimum atomic E-state index is -3.36. The van der Waals surface area contributed by atoms with Gasteiger partial charge in [0.25, 0.3) is 0 Å². The number of benzene rings is 2. The number of aromatic nitrogens is 2. The number of nitrogens with two attached hydrogens (primary N) is 1. The molecule has 0 amide bonds. The summed E-state index contributed by atoms with van der Waals surface area (Å²) >= 11 is 6.17. The highest BCUT2D eigenvalue weighted by molar-refractivity contribution is 7.89. The molecule has 3 aromatic rings. The van der Waals surface area contributed by atoms with Crippen LogP contribution in [0.15, 0.2) is 59.5 Å². The summed E-state index contributed by atoms with van der Waals surface area (Å²) in [7, 11) is -3.36. The van der Waals surface area contributed by atoms with Gasteiger partial charge in [0.15, 0.2) is 0 Å². The monoisotopic (exact) mass is 543 g/mol. The number of nitrogens with zero attached hydrogens (tertiary/aromatic N) is 4. The molecule has 1 aliphatic carbocycles. The zero-order valence-electron chi connectivity index (χ0n) is 20.7. The molecule has 1 aliphatic heterocycles. The van der Waals surface area contributed by atoms with Crippen LogP contribution < -0.4 is 20.9 Å². The highest BCUT2D eigenvalue weighted by atomic mass is 35.5. The molecule has 1 unspecified atom stereocenters. The quantitative estimate of drug-likeness (QED) is 0.509. The average Bonchev–Trinajstić information content (AvgIpc) is 3.20. The molecule has 11 heteroatoms. The number of anilines is 1. The van der Waals surface area contributed by atoms with Gasteiger partial charge < -0.3 is 15.4 Å². The van der Waals surface area contributed by atoms with E-state index in [0.29, 0.717) is 49.0 Å². The van der Waals surface area contributed by atoms with E-state index in [4.69, 9.17) is 22.1 Å². The standard InChI is InChI=1S/C26H30ClN5O4S/c1-17(2)37(34,35)31-12-10-30(11-13-31)22-16-29-32(20-8-5-7-19(27)15-20)26(33)25(22)36-23-14-18-6-3-4-9-21(18)24(23)28/h3-9,15-17,23-24H,10-14,28H2,1-2H3/t23?,24-/m1/s1. The summed E-state index contributed by atoms with van der Waals surface area (Å²) in [5, 5.41) is 4.40. The van der Waals surface area contributed by atoms with E-state index in [1.165, 1.54) is 8.99 Å². The Balaban J connectivity index is 1.50. The van der Waals surface area contributed by atoms with Crippen molar-refractivity contribution in [3.8, 4) is 11.4 Å². The van der Waals surface area contributed by atoms with Crippen LogP contribution in [0.1, 0.15) is 31.0 Å². The second kappa shape index (κ2) is 10.1. The Kier molecular flexibility index (Phi) is 7.01. The largest absolute Gasteiger partial charge is 0.481 e. The van der Waals surface area contributed by atoms with Gasteiger partial charge in [0, 0.05) is 37.6 Å². The smallest absolute Gasteiger partial charge is 0.316 e. The van der Waals surface area contributed by atoms with Crippen LogP contribution in [0.2, 0.25) is 5.02 Å². The van der Waals surface area contributed by atoms with Gasteiger partial charge in [-0.25, -0.2) is 8.42 Å². The number of ether oxygens (including phenoxy) is 1. The van der Waals surface area contributed by atoms with Crippen molar-refractivity contribution in [2.75, 3.05) is 31.1 Å². The lowest BCUT2D eigenvalue weighted by atomic mass is 10.1. The van der Waals surface area contributed by atoms with E-state index in [1.54, 1.807) is 44.3 Å². The molecule has 5 rings (SSSR count). The number of fused-ring (bicyclic) bond motifs is 1. The first-order chi connectivity index (χ1) is 17.7. The van der Waals surface area contributed by atoms with Gasteiger partial charge >= 0.3 is 5.56 Å². The van der Waals surface area contributed by atoms with Gasteiger partial charge in [-0.3, -0.25) is 4.79 Å².